The molecule has 0 bridgehead atoms. The van der Waals surface area contributed by atoms with Gasteiger partial charge in [0, 0.05) is 30.4 Å². The molecule has 4 N–H and O–H groups in total. The number of rotatable bonds is 6. The van der Waals surface area contributed by atoms with E-state index in [0.29, 0.717) is 18.0 Å². The Morgan fingerprint density at radius 3 is 2.81 bits per heavy atom. The molecule has 1 amide bonds. The maximum absolute atomic E-state index is 12.6. The van der Waals surface area contributed by atoms with Gasteiger partial charge in [0.25, 0.3) is 0 Å². The molecule has 1 aromatic heterocycles. The van der Waals surface area contributed by atoms with Gasteiger partial charge in [0.1, 0.15) is 11.8 Å². The highest BCUT2D eigenvalue weighted by Gasteiger charge is 2.32. The molecule has 1 fully saturated rings. The van der Waals surface area contributed by atoms with Gasteiger partial charge in [-0.25, -0.2) is 4.98 Å². The molecule has 2 heterocycles. The van der Waals surface area contributed by atoms with Crippen molar-refractivity contribution in [1.29, 1.82) is 0 Å². The summed E-state index contributed by atoms with van der Waals surface area (Å²) in [7, 11) is 1.63. The molecule has 7 nitrogen and oxygen atoms in total. The Labute approximate surface area is 181 Å². The normalized spacial score (nSPS) is 19.0. The lowest BCUT2D eigenvalue weighted by Gasteiger charge is -2.31. The summed E-state index contributed by atoms with van der Waals surface area (Å²) in [6, 6.07) is 15.5. The third-order valence-electron chi connectivity index (χ3n) is 5.59. The van der Waals surface area contributed by atoms with Crippen molar-refractivity contribution in [2.24, 2.45) is 5.73 Å². The van der Waals surface area contributed by atoms with Gasteiger partial charge in [-0.05, 0) is 31.0 Å². The number of aryl methyl sites for hydroxylation is 1. The number of ether oxygens (including phenoxy) is 1. The fourth-order valence-corrected chi connectivity index (χ4v) is 3.95. The molecule has 0 saturated carbocycles. The Morgan fingerprint density at radius 2 is 2.10 bits per heavy atom. The van der Waals surface area contributed by atoms with Crippen molar-refractivity contribution in [3.8, 4) is 11.4 Å². The smallest absolute Gasteiger partial charge is 0.243 e. The molecule has 2 unspecified atom stereocenters. The predicted octanol–water partition coefficient (Wildman–Crippen LogP) is 2.71. The zero-order valence-electron chi connectivity index (χ0n) is 17.7. The first-order valence-electron chi connectivity index (χ1n) is 10.3. The molecule has 2 aromatic carbocycles. The number of nitrogens with one attached hydrogen (secondary N) is 2. The van der Waals surface area contributed by atoms with Crippen molar-refractivity contribution in [3.05, 3.63) is 84.1 Å². The minimum Gasteiger partial charge on any atom is -0.495 e. The van der Waals surface area contributed by atoms with Crippen LogP contribution in [0.1, 0.15) is 29.2 Å². The molecule has 7 heteroatoms. The van der Waals surface area contributed by atoms with E-state index >= 15 is 0 Å². The van der Waals surface area contributed by atoms with Gasteiger partial charge in [0.15, 0.2) is 0 Å². The van der Waals surface area contributed by atoms with Gasteiger partial charge in [0.2, 0.25) is 5.91 Å². The maximum Gasteiger partial charge on any atom is 0.243 e. The van der Waals surface area contributed by atoms with Crippen LogP contribution in [0.15, 0.2) is 67.3 Å². The van der Waals surface area contributed by atoms with E-state index in [0.717, 1.165) is 28.9 Å². The molecule has 160 valence electrons. The molecule has 0 spiro atoms. The van der Waals surface area contributed by atoms with E-state index in [1.165, 1.54) is 0 Å². The first-order chi connectivity index (χ1) is 15.1. The Morgan fingerprint density at radius 1 is 1.29 bits per heavy atom. The van der Waals surface area contributed by atoms with Crippen LogP contribution in [0.4, 0.5) is 0 Å². The van der Waals surface area contributed by atoms with E-state index in [9.17, 15) is 4.79 Å². The first-order valence-corrected chi connectivity index (χ1v) is 10.3. The summed E-state index contributed by atoms with van der Waals surface area (Å²) in [6.07, 6.45) is 6.26. The Balaban J connectivity index is 1.56. The van der Waals surface area contributed by atoms with E-state index in [4.69, 9.17) is 10.5 Å². The van der Waals surface area contributed by atoms with Gasteiger partial charge in [-0.3, -0.25) is 4.79 Å². The lowest BCUT2D eigenvalue weighted by molar-refractivity contribution is -0.124. The van der Waals surface area contributed by atoms with Crippen LogP contribution in [0, 0.1) is 6.92 Å². The van der Waals surface area contributed by atoms with E-state index in [2.05, 4.69) is 27.8 Å². The van der Waals surface area contributed by atoms with Crippen LogP contribution in [-0.4, -0.2) is 35.2 Å². The van der Waals surface area contributed by atoms with E-state index in [1.807, 2.05) is 54.1 Å². The van der Waals surface area contributed by atoms with Crippen LogP contribution in [0.5, 0.6) is 5.75 Å². The summed E-state index contributed by atoms with van der Waals surface area (Å²) in [5, 5.41) is 6.19. The van der Waals surface area contributed by atoms with E-state index in [1.54, 1.807) is 19.6 Å². The van der Waals surface area contributed by atoms with Crippen molar-refractivity contribution < 1.29 is 9.53 Å². The quantitative estimate of drug-likeness (QED) is 0.573. The number of imidazole rings is 1. The third-order valence-corrected chi connectivity index (χ3v) is 5.59. The maximum atomic E-state index is 12.6. The zero-order valence-corrected chi connectivity index (χ0v) is 17.7. The zero-order chi connectivity index (χ0) is 21.8. The monoisotopic (exact) mass is 417 g/mol. The number of nitrogens with two attached hydrogens (primary N) is 1. The molecule has 31 heavy (non-hydrogen) atoms. The van der Waals surface area contributed by atoms with Crippen LogP contribution in [-0.2, 0) is 4.79 Å². The molecule has 0 aliphatic carbocycles. The number of piperidine rings is 1. The minimum absolute atomic E-state index is 0.0208. The van der Waals surface area contributed by atoms with Gasteiger partial charge in [-0.15, -0.1) is 0 Å². The SMILES string of the molecule is COc1cc(/C(N)=C/NC2C(=O)NCCC2c2ccccc2)ccc1-n1cnc(C)c1. The summed E-state index contributed by atoms with van der Waals surface area (Å²) in [6.45, 7) is 2.61. The van der Waals surface area contributed by atoms with Crippen molar-refractivity contribution in [2.75, 3.05) is 13.7 Å². The lowest BCUT2D eigenvalue weighted by Crippen LogP contribution is -2.51. The second kappa shape index (κ2) is 8.95. The molecular formula is C24H27N5O2. The summed E-state index contributed by atoms with van der Waals surface area (Å²) in [4.78, 5) is 16.8. The van der Waals surface area contributed by atoms with Crippen LogP contribution >= 0.6 is 0 Å². The van der Waals surface area contributed by atoms with Crippen molar-refractivity contribution in [2.45, 2.75) is 25.3 Å². The van der Waals surface area contributed by atoms with Crippen LogP contribution in [0.2, 0.25) is 0 Å². The fraction of sp³-hybridized carbons (Fsp3) is 0.250. The van der Waals surface area contributed by atoms with Crippen LogP contribution in [0.3, 0.4) is 0 Å². The van der Waals surface area contributed by atoms with Gasteiger partial charge >= 0.3 is 0 Å². The summed E-state index contributed by atoms with van der Waals surface area (Å²) in [5.74, 6) is 0.747. The topological polar surface area (TPSA) is 94.2 Å². The van der Waals surface area contributed by atoms with Gasteiger partial charge < -0.3 is 25.7 Å². The fourth-order valence-electron chi connectivity index (χ4n) is 3.95. The molecule has 2 atom stereocenters. The molecule has 3 aromatic rings. The van der Waals surface area contributed by atoms with Crippen molar-refractivity contribution in [3.63, 3.8) is 0 Å². The number of hydrogen-bond acceptors (Lipinski definition) is 5. The number of benzene rings is 2. The van der Waals surface area contributed by atoms with Crippen molar-refractivity contribution >= 4 is 11.6 Å². The highest BCUT2D eigenvalue weighted by atomic mass is 16.5. The summed E-state index contributed by atoms with van der Waals surface area (Å²) in [5.41, 5.74) is 10.6. The number of aromatic nitrogens is 2. The molecule has 1 saturated heterocycles. The summed E-state index contributed by atoms with van der Waals surface area (Å²) >= 11 is 0. The Hall–Kier alpha value is -3.74. The number of amides is 1. The first kappa shape index (κ1) is 20.5. The summed E-state index contributed by atoms with van der Waals surface area (Å²) < 4.78 is 7.48. The molecule has 1 aliphatic heterocycles. The van der Waals surface area contributed by atoms with E-state index in [-0.39, 0.29) is 17.9 Å². The largest absolute Gasteiger partial charge is 0.495 e. The molecule has 1 aliphatic rings. The predicted molar refractivity (Wildman–Crippen MR) is 121 cm³/mol. The van der Waals surface area contributed by atoms with Gasteiger partial charge in [0.05, 0.1) is 30.5 Å². The lowest BCUT2D eigenvalue weighted by atomic mass is 9.85. The highest BCUT2D eigenvalue weighted by molar-refractivity contribution is 5.84. The number of nitrogens with zero attached hydrogens (tertiary/aromatic N) is 2. The number of hydrogen-bond donors (Lipinski definition) is 3. The number of carbonyl (C=O) groups excluding carboxylic acids is 1. The molecule has 4 rings (SSSR count). The van der Waals surface area contributed by atoms with E-state index < -0.39 is 0 Å². The van der Waals surface area contributed by atoms with Gasteiger partial charge in [-0.1, -0.05) is 36.4 Å². The van der Waals surface area contributed by atoms with Gasteiger partial charge in [-0.2, -0.15) is 0 Å². The highest BCUT2D eigenvalue weighted by Crippen LogP contribution is 2.28. The standard InChI is InChI=1S/C24H27N5O2/c1-16-14-29(15-28-16)21-9-8-18(12-22(21)31-2)20(25)13-27-23-19(10-11-26-24(23)30)17-6-4-3-5-7-17/h3-9,12-15,19,23,27H,10-11,25H2,1-2H3,(H,26,30)/b20-13-. The Kier molecular flexibility index (Phi) is 5.93. The van der Waals surface area contributed by atoms with Crippen molar-refractivity contribution in [1.82, 2.24) is 20.2 Å². The Bertz CT molecular complexity index is 1090. The second-order valence-corrected chi connectivity index (χ2v) is 7.65. The average Bonchev–Trinajstić information content (AvgIpc) is 3.24. The van der Waals surface area contributed by atoms with Crippen LogP contribution in [0.25, 0.3) is 11.4 Å². The number of carbonyl (C=O) groups is 1. The third kappa shape index (κ3) is 4.40. The average molecular weight is 418 g/mol. The minimum atomic E-state index is -0.384. The molecule has 0 radical (unpaired) electrons. The number of methoxy groups -OCH3 is 1. The molecular weight excluding hydrogens is 390 g/mol. The second-order valence-electron chi connectivity index (χ2n) is 7.65. The van der Waals surface area contributed by atoms with Crippen LogP contribution < -0.4 is 21.1 Å².